The lowest BCUT2D eigenvalue weighted by atomic mass is 10.2. The summed E-state index contributed by atoms with van der Waals surface area (Å²) in [6.45, 7) is 0.413. The van der Waals surface area contributed by atoms with Crippen molar-refractivity contribution < 1.29 is 24.5 Å². The largest absolute Gasteiger partial charge is 0.479 e. The van der Waals surface area contributed by atoms with Gasteiger partial charge in [-0.1, -0.05) is 0 Å². The van der Waals surface area contributed by atoms with Crippen molar-refractivity contribution in [2.24, 2.45) is 0 Å². The molecule has 0 aliphatic carbocycles. The third kappa shape index (κ3) is 4.26. The van der Waals surface area contributed by atoms with Gasteiger partial charge in [0.1, 0.15) is 0 Å². The lowest BCUT2D eigenvalue weighted by Gasteiger charge is -2.10. The van der Waals surface area contributed by atoms with Gasteiger partial charge in [-0.15, -0.1) is 0 Å². The minimum absolute atomic E-state index is 0.0630. The van der Waals surface area contributed by atoms with Gasteiger partial charge in [-0.25, -0.2) is 4.79 Å². The van der Waals surface area contributed by atoms with E-state index in [0.717, 1.165) is 12.8 Å². The average Bonchev–Trinajstić information content (AvgIpc) is 2.66. The third-order valence-corrected chi connectivity index (χ3v) is 2.21. The van der Waals surface area contributed by atoms with E-state index in [9.17, 15) is 9.59 Å². The van der Waals surface area contributed by atoms with E-state index >= 15 is 0 Å². The predicted molar refractivity (Wildman–Crippen MR) is 50.2 cm³/mol. The highest BCUT2D eigenvalue weighted by Crippen LogP contribution is 2.14. The van der Waals surface area contributed by atoms with Gasteiger partial charge in [-0.3, -0.25) is 4.79 Å². The topological polar surface area (TPSA) is 95.9 Å². The van der Waals surface area contributed by atoms with E-state index in [1.54, 1.807) is 0 Å². The molecule has 0 bridgehead atoms. The van der Waals surface area contributed by atoms with Gasteiger partial charge in [-0.2, -0.15) is 0 Å². The fourth-order valence-electron chi connectivity index (χ4n) is 1.38. The Morgan fingerprint density at radius 3 is 2.80 bits per heavy atom. The third-order valence-electron chi connectivity index (χ3n) is 2.21. The van der Waals surface area contributed by atoms with Crippen LogP contribution in [-0.2, 0) is 14.3 Å². The van der Waals surface area contributed by atoms with Gasteiger partial charge >= 0.3 is 5.97 Å². The van der Waals surface area contributed by atoms with Gasteiger partial charge in [0.05, 0.1) is 19.1 Å². The number of aliphatic carboxylic acids is 1. The maximum atomic E-state index is 11.2. The first-order valence-electron chi connectivity index (χ1n) is 4.88. The number of hydrogen-bond donors (Lipinski definition) is 3. The van der Waals surface area contributed by atoms with Crippen LogP contribution in [0.15, 0.2) is 0 Å². The Hall–Kier alpha value is -1.14. The summed E-state index contributed by atoms with van der Waals surface area (Å²) in [6.07, 6.45) is 0.433. The van der Waals surface area contributed by atoms with Crippen LogP contribution in [-0.4, -0.2) is 47.4 Å². The number of carbonyl (C=O) groups excluding carboxylic acids is 1. The molecule has 0 radical (unpaired) electrons. The number of aliphatic hydroxyl groups is 1. The van der Waals surface area contributed by atoms with Crippen LogP contribution in [0.3, 0.4) is 0 Å². The standard InChI is InChI=1S/C9H15NO5/c11-7(9(13)14)5-10-8(12)4-6-2-1-3-15-6/h6-7,11H,1-5H2,(H,10,12)(H,13,14)/t6?,7-/m0/s1. The zero-order chi connectivity index (χ0) is 11.3. The summed E-state index contributed by atoms with van der Waals surface area (Å²) in [6, 6.07) is 0. The number of hydrogen-bond acceptors (Lipinski definition) is 4. The molecule has 1 fully saturated rings. The van der Waals surface area contributed by atoms with Crippen LogP contribution < -0.4 is 5.32 Å². The molecule has 0 spiro atoms. The Kier molecular flexibility index (Phi) is 4.51. The first-order chi connectivity index (χ1) is 7.09. The lowest BCUT2D eigenvalue weighted by molar-refractivity contribution is -0.146. The van der Waals surface area contributed by atoms with Crippen LogP contribution >= 0.6 is 0 Å². The molecule has 2 atom stereocenters. The zero-order valence-corrected chi connectivity index (χ0v) is 8.31. The fourth-order valence-corrected chi connectivity index (χ4v) is 1.38. The van der Waals surface area contributed by atoms with Crippen molar-refractivity contribution in [2.45, 2.75) is 31.5 Å². The molecule has 15 heavy (non-hydrogen) atoms. The average molecular weight is 217 g/mol. The highest BCUT2D eigenvalue weighted by atomic mass is 16.5. The van der Waals surface area contributed by atoms with Crippen molar-refractivity contribution in [1.29, 1.82) is 0 Å². The molecule has 1 heterocycles. The summed E-state index contributed by atoms with van der Waals surface area (Å²) in [7, 11) is 0. The first-order valence-corrected chi connectivity index (χ1v) is 4.88. The molecule has 1 aliphatic rings. The molecule has 1 unspecified atom stereocenters. The van der Waals surface area contributed by atoms with E-state index in [4.69, 9.17) is 14.9 Å². The number of nitrogens with one attached hydrogen (secondary N) is 1. The van der Waals surface area contributed by atoms with Crippen LogP contribution in [0.1, 0.15) is 19.3 Å². The molecule has 6 heteroatoms. The lowest BCUT2D eigenvalue weighted by Crippen LogP contribution is -2.37. The van der Waals surface area contributed by atoms with Crippen LogP contribution in [0, 0.1) is 0 Å². The molecule has 0 aromatic carbocycles. The minimum Gasteiger partial charge on any atom is -0.479 e. The molecule has 1 aliphatic heterocycles. The van der Waals surface area contributed by atoms with Crippen molar-refractivity contribution >= 4 is 11.9 Å². The Balaban J connectivity index is 2.15. The second-order valence-corrected chi connectivity index (χ2v) is 3.50. The summed E-state index contributed by atoms with van der Waals surface area (Å²) in [4.78, 5) is 21.5. The highest BCUT2D eigenvalue weighted by molar-refractivity contribution is 5.78. The Bertz CT molecular complexity index is 237. The van der Waals surface area contributed by atoms with E-state index in [1.165, 1.54) is 0 Å². The van der Waals surface area contributed by atoms with E-state index in [1.807, 2.05) is 0 Å². The smallest absolute Gasteiger partial charge is 0.334 e. The van der Waals surface area contributed by atoms with Crippen molar-refractivity contribution in [3.05, 3.63) is 0 Å². The summed E-state index contributed by atoms with van der Waals surface area (Å²) < 4.78 is 5.24. The number of carboxylic acid groups (broad SMARTS) is 1. The van der Waals surface area contributed by atoms with Gasteiger partial charge in [-0.05, 0) is 12.8 Å². The van der Waals surface area contributed by atoms with E-state index in [0.29, 0.717) is 6.61 Å². The predicted octanol–water partition coefficient (Wildman–Crippen LogP) is -0.883. The quantitative estimate of drug-likeness (QED) is 0.555. The second kappa shape index (κ2) is 5.67. The Morgan fingerprint density at radius 2 is 2.27 bits per heavy atom. The number of amides is 1. The Morgan fingerprint density at radius 1 is 1.53 bits per heavy atom. The normalized spacial score (nSPS) is 22.3. The molecule has 1 saturated heterocycles. The molecule has 1 amide bonds. The van der Waals surface area contributed by atoms with Crippen LogP contribution in [0.4, 0.5) is 0 Å². The van der Waals surface area contributed by atoms with Crippen molar-refractivity contribution in [2.75, 3.05) is 13.2 Å². The molecule has 3 N–H and O–H groups in total. The number of carboxylic acids is 1. The molecule has 0 aromatic rings. The van der Waals surface area contributed by atoms with Crippen molar-refractivity contribution in [3.63, 3.8) is 0 Å². The van der Waals surface area contributed by atoms with Gasteiger partial charge < -0.3 is 20.3 Å². The maximum absolute atomic E-state index is 11.2. The SMILES string of the molecule is O=C(CC1CCCO1)NC[C@H](O)C(=O)O. The molecule has 6 nitrogen and oxygen atoms in total. The number of aliphatic hydroxyl groups excluding tert-OH is 1. The number of carbonyl (C=O) groups is 2. The van der Waals surface area contributed by atoms with Crippen LogP contribution in [0.2, 0.25) is 0 Å². The van der Waals surface area contributed by atoms with Crippen LogP contribution in [0.5, 0.6) is 0 Å². The molecular formula is C9H15NO5. The van der Waals surface area contributed by atoms with Gasteiger partial charge in [0.15, 0.2) is 6.10 Å². The highest BCUT2D eigenvalue weighted by Gasteiger charge is 2.20. The van der Waals surface area contributed by atoms with Gasteiger partial charge in [0.25, 0.3) is 0 Å². The summed E-state index contributed by atoms with van der Waals surface area (Å²) in [5.41, 5.74) is 0. The molecule has 1 rings (SSSR count). The summed E-state index contributed by atoms with van der Waals surface area (Å²) >= 11 is 0. The first kappa shape index (κ1) is 11.9. The van der Waals surface area contributed by atoms with Crippen molar-refractivity contribution in [1.82, 2.24) is 5.32 Å². The van der Waals surface area contributed by atoms with E-state index in [-0.39, 0.29) is 25.0 Å². The monoisotopic (exact) mass is 217 g/mol. The molecule has 0 saturated carbocycles. The molecule has 86 valence electrons. The Labute approximate surface area is 87.2 Å². The molecule has 0 aromatic heterocycles. The van der Waals surface area contributed by atoms with E-state index < -0.39 is 12.1 Å². The van der Waals surface area contributed by atoms with Gasteiger partial charge in [0, 0.05) is 6.61 Å². The maximum Gasteiger partial charge on any atom is 0.334 e. The minimum atomic E-state index is -1.54. The second-order valence-electron chi connectivity index (χ2n) is 3.50. The van der Waals surface area contributed by atoms with Crippen molar-refractivity contribution in [3.8, 4) is 0 Å². The van der Waals surface area contributed by atoms with Crippen LogP contribution in [0.25, 0.3) is 0 Å². The summed E-state index contributed by atoms with van der Waals surface area (Å²) in [5, 5.41) is 19.6. The van der Waals surface area contributed by atoms with Gasteiger partial charge in [0.2, 0.25) is 5.91 Å². The number of rotatable bonds is 5. The zero-order valence-electron chi connectivity index (χ0n) is 8.31. The number of ether oxygens (including phenoxy) is 1. The summed E-state index contributed by atoms with van der Waals surface area (Å²) in [5.74, 6) is -1.63. The fraction of sp³-hybridized carbons (Fsp3) is 0.778. The van der Waals surface area contributed by atoms with E-state index in [2.05, 4.69) is 5.32 Å². The molecular weight excluding hydrogens is 202 g/mol.